The Balaban J connectivity index is 1.41. The summed E-state index contributed by atoms with van der Waals surface area (Å²) in [5.74, 6) is 0.669. The molecule has 154 valence electrons. The van der Waals surface area contributed by atoms with Crippen LogP contribution in [0.4, 0.5) is 5.69 Å². The highest BCUT2D eigenvalue weighted by Crippen LogP contribution is 2.50. The van der Waals surface area contributed by atoms with Crippen LogP contribution in [0.5, 0.6) is 0 Å². The summed E-state index contributed by atoms with van der Waals surface area (Å²) in [6.07, 6.45) is 6.48. The maximum atomic E-state index is 12.6. The van der Waals surface area contributed by atoms with Crippen LogP contribution in [0.3, 0.4) is 0 Å². The summed E-state index contributed by atoms with van der Waals surface area (Å²) in [6.45, 7) is 7.04. The summed E-state index contributed by atoms with van der Waals surface area (Å²) in [7, 11) is 0. The van der Waals surface area contributed by atoms with Gasteiger partial charge in [-0.1, -0.05) is 38.0 Å². The fourth-order valence-electron chi connectivity index (χ4n) is 5.95. The van der Waals surface area contributed by atoms with Crippen LogP contribution in [-0.4, -0.2) is 49.8 Å². The molecule has 4 atom stereocenters. The minimum atomic E-state index is -0.327. The number of hydrogen-bond acceptors (Lipinski definition) is 4. The molecule has 1 aromatic rings. The molecule has 1 amide bonds. The van der Waals surface area contributed by atoms with Crippen LogP contribution < -0.4 is 10.6 Å². The van der Waals surface area contributed by atoms with Crippen LogP contribution >= 0.6 is 0 Å². The van der Waals surface area contributed by atoms with E-state index >= 15 is 0 Å². The van der Waals surface area contributed by atoms with E-state index < -0.39 is 0 Å². The van der Waals surface area contributed by atoms with E-state index in [2.05, 4.69) is 47.1 Å². The van der Waals surface area contributed by atoms with Gasteiger partial charge in [0.2, 0.25) is 5.91 Å². The summed E-state index contributed by atoms with van der Waals surface area (Å²) < 4.78 is 6.19. The van der Waals surface area contributed by atoms with E-state index in [1.54, 1.807) is 0 Å². The molecule has 0 radical (unpaired) electrons. The van der Waals surface area contributed by atoms with E-state index in [9.17, 15) is 4.79 Å². The first-order valence-corrected chi connectivity index (χ1v) is 11.1. The summed E-state index contributed by atoms with van der Waals surface area (Å²) >= 11 is 0. The molecule has 5 heteroatoms. The number of para-hydroxylation sites is 1. The zero-order chi connectivity index (χ0) is 19.6. The zero-order valence-corrected chi connectivity index (χ0v) is 17.2. The molecule has 5 nitrogen and oxygen atoms in total. The Kier molecular flexibility index (Phi) is 5.93. The lowest BCUT2D eigenvalue weighted by Crippen LogP contribution is -2.56. The average Bonchev–Trinajstić information content (AvgIpc) is 2.75. The van der Waals surface area contributed by atoms with E-state index in [0.717, 1.165) is 64.9 Å². The second-order valence-corrected chi connectivity index (χ2v) is 8.96. The van der Waals surface area contributed by atoms with Crippen LogP contribution in [0, 0.1) is 17.3 Å². The molecule has 2 N–H and O–H groups in total. The summed E-state index contributed by atoms with van der Waals surface area (Å²) in [5.41, 5.74) is 7.00. The third-order valence-corrected chi connectivity index (χ3v) is 7.65. The van der Waals surface area contributed by atoms with E-state index in [4.69, 9.17) is 10.5 Å². The Morgan fingerprint density at radius 3 is 2.54 bits per heavy atom. The predicted octanol–water partition coefficient (Wildman–Crippen LogP) is 3.24. The summed E-state index contributed by atoms with van der Waals surface area (Å²) in [5, 5.41) is 0. The maximum absolute atomic E-state index is 12.6. The van der Waals surface area contributed by atoms with Gasteiger partial charge in [-0.2, -0.15) is 0 Å². The van der Waals surface area contributed by atoms with Crippen LogP contribution in [0.2, 0.25) is 0 Å². The van der Waals surface area contributed by atoms with Crippen LogP contribution in [0.25, 0.3) is 0 Å². The quantitative estimate of drug-likeness (QED) is 0.864. The number of ether oxygens (including phenoxy) is 1. The lowest BCUT2D eigenvalue weighted by molar-refractivity contribution is -0.155. The van der Waals surface area contributed by atoms with Gasteiger partial charge >= 0.3 is 0 Å². The zero-order valence-electron chi connectivity index (χ0n) is 17.2. The number of nitrogens with zero attached hydrogens (tertiary/aromatic N) is 2. The van der Waals surface area contributed by atoms with E-state index in [-0.39, 0.29) is 17.6 Å². The number of rotatable bonds is 4. The molecular weight excluding hydrogens is 350 g/mol. The lowest BCUT2D eigenvalue weighted by Gasteiger charge is -2.50. The molecule has 1 aliphatic carbocycles. The SMILES string of the molecule is CC1CCCCC1(C(N)=O)C1CCOC(N2CCN(c3ccccc3)CC2)C1. The molecular formula is C23H35N3O2. The normalized spacial score (nSPS) is 34.9. The number of anilines is 1. The first kappa shape index (κ1) is 19.7. The second-order valence-electron chi connectivity index (χ2n) is 8.96. The van der Waals surface area contributed by atoms with Gasteiger partial charge in [0.25, 0.3) is 0 Å². The smallest absolute Gasteiger partial charge is 0.224 e. The van der Waals surface area contributed by atoms with Crippen molar-refractivity contribution in [3.63, 3.8) is 0 Å². The Morgan fingerprint density at radius 2 is 1.86 bits per heavy atom. The molecule has 4 rings (SSSR count). The largest absolute Gasteiger partial charge is 0.369 e. The van der Waals surface area contributed by atoms with Crippen molar-refractivity contribution in [2.24, 2.45) is 23.0 Å². The van der Waals surface area contributed by atoms with Gasteiger partial charge in [0.1, 0.15) is 6.23 Å². The van der Waals surface area contributed by atoms with Gasteiger partial charge in [-0.05, 0) is 49.7 Å². The van der Waals surface area contributed by atoms with Crippen molar-refractivity contribution in [2.45, 2.75) is 51.7 Å². The summed E-state index contributed by atoms with van der Waals surface area (Å²) in [4.78, 5) is 17.6. The van der Waals surface area contributed by atoms with Crippen molar-refractivity contribution in [3.05, 3.63) is 30.3 Å². The van der Waals surface area contributed by atoms with Crippen LogP contribution in [0.1, 0.15) is 45.4 Å². The van der Waals surface area contributed by atoms with E-state index in [1.165, 1.54) is 12.1 Å². The maximum Gasteiger partial charge on any atom is 0.224 e. The number of hydrogen-bond donors (Lipinski definition) is 1. The number of nitrogens with two attached hydrogens (primary N) is 1. The molecule has 0 aromatic heterocycles. The monoisotopic (exact) mass is 385 g/mol. The van der Waals surface area contributed by atoms with Crippen molar-refractivity contribution in [2.75, 3.05) is 37.7 Å². The Hall–Kier alpha value is -1.59. The number of piperazine rings is 1. The Bertz CT molecular complexity index is 659. The molecule has 2 heterocycles. The molecule has 28 heavy (non-hydrogen) atoms. The number of carbonyl (C=O) groups excluding carboxylic acids is 1. The van der Waals surface area contributed by atoms with E-state index in [0.29, 0.717) is 11.8 Å². The topological polar surface area (TPSA) is 58.8 Å². The number of amides is 1. The number of benzene rings is 1. The molecule has 4 unspecified atom stereocenters. The highest BCUT2D eigenvalue weighted by molar-refractivity contribution is 5.81. The minimum Gasteiger partial charge on any atom is -0.369 e. The van der Waals surface area contributed by atoms with Crippen LogP contribution in [0.15, 0.2) is 30.3 Å². The fourth-order valence-corrected chi connectivity index (χ4v) is 5.95. The molecule has 3 fully saturated rings. The standard InChI is InChI=1S/C23H35N3O2/c1-18-7-5-6-11-23(18,22(24)27)19-10-16-28-21(17-19)26-14-12-25(13-15-26)20-8-3-2-4-9-20/h2-4,8-9,18-19,21H,5-7,10-17H2,1H3,(H2,24,27). The third-order valence-electron chi connectivity index (χ3n) is 7.65. The fraction of sp³-hybridized carbons (Fsp3) is 0.696. The predicted molar refractivity (Wildman–Crippen MR) is 112 cm³/mol. The number of carbonyl (C=O) groups is 1. The van der Waals surface area contributed by atoms with Gasteiger partial charge in [0.15, 0.2) is 0 Å². The Labute approximate surface area is 169 Å². The molecule has 0 bridgehead atoms. The van der Waals surface area contributed by atoms with Crippen molar-refractivity contribution >= 4 is 11.6 Å². The van der Waals surface area contributed by atoms with Gasteiger partial charge in [0, 0.05) is 38.5 Å². The van der Waals surface area contributed by atoms with Gasteiger partial charge < -0.3 is 15.4 Å². The number of primary amides is 1. The third kappa shape index (κ3) is 3.67. The highest BCUT2D eigenvalue weighted by Gasteiger charge is 2.51. The van der Waals surface area contributed by atoms with Gasteiger partial charge in [-0.25, -0.2) is 0 Å². The molecule has 2 aliphatic heterocycles. The van der Waals surface area contributed by atoms with Gasteiger partial charge in [-0.15, -0.1) is 0 Å². The Morgan fingerprint density at radius 1 is 1.11 bits per heavy atom. The molecule has 1 saturated carbocycles. The van der Waals surface area contributed by atoms with Crippen molar-refractivity contribution < 1.29 is 9.53 Å². The van der Waals surface area contributed by atoms with Crippen LogP contribution in [-0.2, 0) is 9.53 Å². The highest BCUT2D eigenvalue weighted by atomic mass is 16.5. The van der Waals surface area contributed by atoms with Crippen molar-refractivity contribution in [3.8, 4) is 0 Å². The summed E-state index contributed by atoms with van der Waals surface area (Å²) in [6, 6.07) is 10.6. The average molecular weight is 386 g/mol. The van der Waals surface area contributed by atoms with E-state index in [1.807, 2.05) is 0 Å². The van der Waals surface area contributed by atoms with Gasteiger partial charge in [0.05, 0.1) is 5.41 Å². The molecule has 0 spiro atoms. The molecule has 3 aliphatic rings. The second kappa shape index (κ2) is 8.42. The van der Waals surface area contributed by atoms with Gasteiger partial charge in [-0.3, -0.25) is 9.69 Å². The molecule has 2 saturated heterocycles. The molecule has 1 aromatic carbocycles. The minimum absolute atomic E-state index is 0.0701. The van der Waals surface area contributed by atoms with Crippen molar-refractivity contribution in [1.82, 2.24) is 4.90 Å². The first-order valence-electron chi connectivity index (χ1n) is 11.1. The first-order chi connectivity index (χ1) is 13.6. The lowest BCUT2D eigenvalue weighted by atomic mass is 9.57. The van der Waals surface area contributed by atoms with Crippen molar-refractivity contribution in [1.29, 1.82) is 0 Å².